The van der Waals surface area contributed by atoms with Crippen molar-refractivity contribution >= 4 is 58.0 Å². The number of anilines is 1. The first kappa shape index (κ1) is 21.2. The number of halogens is 4. The second kappa shape index (κ2) is 8.26. The van der Waals surface area contributed by atoms with Crippen molar-refractivity contribution in [3.63, 3.8) is 0 Å². The van der Waals surface area contributed by atoms with Gasteiger partial charge < -0.3 is 10.6 Å². The Hall–Kier alpha value is -1.13. The van der Waals surface area contributed by atoms with Gasteiger partial charge in [-0.2, -0.15) is 0 Å². The molecule has 0 aromatic heterocycles. The monoisotopic (exact) mass is 432 g/mol. The van der Waals surface area contributed by atoms with Crippen LogP contribution in [0.4, 0.5) is 5.69 Å². The Morgan fingerprint density at radius 2 is 1.46 bits per heavy atom. The highest BCUT2D eigenvalue weighted by atomic mass is 35.6. The number of benzene rings is 2. The maximum Gasteiger partial charge on any atom is 0.252 e. The molecule has 1 atom stereocenters. The highest BCUT2D eigenvalue weighted by Crippen LogP contribution is 2.31. The lowest BCUT2D eigenvalue weighted by atomic mass is 9.87. The van der Waals surface area contributed by atoms with E-state index in [1.807, 2.05) is 12.1 Å². The van der Waals surface area contributed by atoms with Crippen molar-refractivity contribution in [3.05, 3.63) is 64.7 Å². The Bertz CT molecular complexity index is 747. The highest BCUT2D eigenvalue weighted by molar-refractivity contribution is 6.68. The molecule has 0 bridgehead atoms. The minimum Gasteiger partial charge on any atom is -0.362 e. The third-order valence-electron chi connectivity index (χ3n) is 3.77. The molecule has 0 aliphatic carbocycles. The Kier molecular flexibility index (Phi) is 6.73. The average Bonchev–Trinajstić information content (AvgIpc) is 2.54. The van der Waals surface area contributed by atoms with Gasteiger partial charge in [0, 0.05) is 16.3 Å². The Balaban J connectivity index is 2.15. The molecule has 26 heavy (non-hydrogen) atoms. The van der Waals surface area contributed by atoms with E-state index in [0.29, 0.717) is 16.3 Å². The molecule has 2 aromatic carbocycles. The number of carbonyl (C=O) groups excluding carboxylic acids is 1. The van der Waals surface area contributed by atoms with Gasteiger partial charge in [-0.1, -0.05) is 79.3 Å². The van der Waals surface area contributed by atoms with Crippen molar-refractivity contribution in [2.75, 3.05) is 5.32 Å². The topological polar surface area (TPSA) is 41.1 Å². The maximum atomic E-state index is 12.6. The van der Waals surface area contributed by atoms with Crippen molar-refractivity contribution in [3.8, 4) is 0 Å². The second-order valence-corrected chi connectivity index (χ2v) is 9.73. The summed E-state index contributed by atoms with van der Waals surface area (Å²) in [6.45, 7) is 6.32. The van der Waals surface area contributed by atoms with Gasteiger partial charge in [0.2, 0.25) is 3.79 Å². The number of hydrogen-bond acceptors (Lipinski definition) is 2. The van der Waals surface area contributed by atoms with E-state index in [0.717, 1.165) is 5.56 Å². The molecule has 2 rings (SSSR count). The van der Waals surface area contributed by atoms with Gasteiger partial charge in [-0.05, 0) is 47.4 Å². The van der Waals surface area contributed by atoms with Crippen LogP contribution in [0.1, 0.15) is 36.7 Å². The predicted octanol–water partition coefficient (Wildman–Crippen LogP) is 6.18. The van der Waals surface area contributed by atoms with Crippen LogP contribution in [0, 0.1) is 0 Å². The minimum atomic E-state index is -1.75. The van der Waals surface area contributed by atoms with Crippen molar-refractivity contribution in [2.45, 2.75) is 36.1 Å². The third kappa shape index (κ3) is 5.95. The smallest absolute Gasteiger partial charge is 0.252 e. The first-order valence-electron chi connectivity index (χ1n) is 7.97. The number of alkyl halides is 3. The fourth-order valence-electron chi connectivity index (χ4n) is 2.25. The van der Waals surface area contributed by atoms with Crippen LogP contribution >= 0.6 is 46.4 Å². The summed E-state index contributed by atoms with van der Waals surface area (Å²) in [5.41, 5.74) is 2.28. The van der Waals surface area contributed by atoms with Crippen molar-refractivity contribution in [1.29, 1.82) is 0 Å². The van der Waals surface area contributed by atoms with Crippen molar-refractivity contribution < 1.29 is 4.79 Å². The van der Waals surface area contributed by atoms with Gasteiger partial charge in [-0.3, -0.25) is 4.79 Å². The predicted molar refractivity (Wildman–Crippen MR) is 112 cm³/mol. The van der Waals surface area contributed by atoms with Gasteiger partial charge in [0.15, 0.2) is 0 Å². The van der Waals surface area contributed by atoms with Crippen LogP contribution in [0.25, 0.3) is 0 Å². The number of carbonyl (C=O) groups is 1. The number of nitrogens with one attached hydrogen (secondary N) is 2. The summed E-state index contributed by atoms with van der Waals surface area (Å²) in [6, 6.07) is 14.2. The summed E-state index contributed by atoms with van der Waals surface area (Å²) in [7, 11) is 0. The first-order valence-corrected chi connectivity index (χ1v) is 9.48. The summed E-state index contributed by atoms with van der Waals surface area (Å²) in [5.74, 6) is -0.344. The van der Waals surface area contributed by atoms with Gasteiger partial charge in [-0.25, -0.2) is 0 Å². The second-order valence-electron chi connectivity index (χ2n) is 6.93. The summed E-state index contributed by atoms with van der Waals surface area (Å²) >= 11 is 23.9. The van der Waals surface area contributed by atoms with Crippen LogP contribution in [0.5, 0.6) is 0 Å². The van der Waals surface area contributed by atoms with Gasteiger partial charge in [0.25, 0.3) is 5.91 Å². The van der Waals surface area contributed by atoms with Gasteiger partial charge in [-0.15, -0.1) is 0 Å². The summed E-state index contributed by atoms with van der Waals surface area (Å²) in [6.07, 6.45) is -0.927. The maximum absolute atomic E-state index is 12.6. The number of hydrogen-bond donors (Lipinski definition) is 2. The molecule has 140 valence electrons. The SMILES string of the molecule is CC(C)(C)c1ccc(C(=O)N[C@H](Nc2ccc(Cl)cc2)C(Cl)(Cl)Cl)cc1. The van der Waals surface area contributed by atoms with Crippen LogP contribution in [0.3, 0.4) is 0 Å². The standard InChI is InChI=1S/C19H20Cl4N2O/c1-18(2,3)13-6-4-12(5-7-13)16(26)25-17(19(21,22)23)24-15-10-8-14(20)9-11-15/h4-11,17,24H,1-3H3,(H,25,26)/t17-/m0/s1. The van der Waals surface area contributed by atoms with Crippen LogP contribution in [-0.2, 0) is 5.41 Å². The third-order valence-corrected chi connectivity index (χ3v) is 4.68. The summed E-state index contributed by atoms with van der Waals surface area (Å²) in [5, 5.41) is 6.30. The average molecular weight is 434 g/mol. The van der Waals surface area contributed by atoms with E-state index in [2.05, 4.69) is 31.4 Å². The molecule has 2 N–H and O–H groups in total. The van der Waals surface area contributed by atoms with E-state index >= 15 is 0 Å². The number of amides is 1. The number of rotatable bonds is 4. The zero-order valence-corrected chi connectivity index (χ0v) is 17.6. The van der Waals surface area contributed by atoms with Crippen LogP contribution < -0.4 is 10.6 Å². The molecule has 0 saturated heterocycles. The van der Waals surface area contributed by atoms with Crippen LogP contribution in [-0.4, -0.2) is 15.9 Å². The molecule has 0 saturated carbocycles. The van der Waals surface area contributed by atoms with E-state index in [-0.39, 0.29) is 11.3 Å². The molecule has 0 aliphatic rings. The molecule has 0 spiro atoms. The van der Waals surface area contributed by atoms with E-state index in [1.54, 1.807) is 36.4 Å². The van der Waals surface area contributed by atoms with Gasteiger partial charge in [0.1, 0.15) is 6.17 Å². The van der Waals surface area contributed by atoms with E-state index in [4.69, 9.17) is 46.4 Å². The molecule has 3 nitrogen and oxygen atoms in total. The van der Waals surface area contributed by atoms with Gasteiger partial charge in [0.05, 0.1) is 0 Å². The van der Waals surface area contributed by atoms with Crippen molar-refractivity contribution in [1.82, 2.24) is 5.32 Å². The summed E-state index contributed by atoms with van der Waals surface area (Å²) < 4.78 is -1.75. The molecule has 0 fully saturated rings. The Morgan fingerprint density at radius 3 is 1.92 bits per heavy atom. The highest BCUT2D eigenvalue weighted by Gasteiger charge is 2.34. The molecule has 2 aromatic rings. The minimum absolute atomic E-state index is 0.00521. The lowest BCUT2D eigenvalue weighted by Crippen LogP contribution is -2.49. The fourth-order valence-corrected chi connectivity index (χ4v) is 2.70. The first-order chi connectivity index (χ1) is 12.0. The molecule has 7 heteroatoms. The molecular weight excluding hydrogens is 414 g/mol. The zero-order chi connectivity index (χ0) is 19.5. The van der Waals surface area contributed by atoms with Crippen molar-refractivity contribution in [2.24, 2.45) is 0 Å². The zero-order valence-electron chi connectivity index (χ0n) is 14.6. The quantitative estimate of drug-likeness (QED) is 0.446. The van der Waals surface area contributed by atoms with E-state index in [9.17, 15) is 4.79 Å². The Morgan fingerprint density at radius 1 is 0.923 bits per heavy atom. The largest absolute Gasteiger partial charge is 0.362 e. The Labute approximate surface area is 174 Å². The fraction of sp³-hybridized carbons (Fsp3) is 0.316. The van der Waals surface area contributed by atoms with Crippen LogP contribution in [0.2, 0.25) is 5.02 Å². The molecule has 0 aliphatic heterocycles. The van der Waals surface area contributed by atoms with E-state index in [1.165, 1.54) is 0 Å². The lowest BCUT2D eigenvalue weighted by molar-refractivity contribution is 0.0942. The molecule has 0 heterocycles. The van der Waals surface area contributed by atoms with E-state index < -0.39 is 9.96 Å². The summed E-state index contributed by atoms with van der Waals surface area (Å²) in [4.78, 5) is 12.6. The van der Waals surface area contributed by atoms with Crippen LogP contribution in [0.15, 0.2) is 48.5 Å². The van der Waals surface area contributed by atoms with Gasteiger partial charge >= 0.3 is 0 Å². The molecular formula is C19H20Cl4N2O. The normalized spacial score (nSPS) is 13.2. The molecule has 0 unspecified atom stereocenters. The molecule has 0 radical (unpaired) electrons. The molecule has 1 amide bonds. The lowest BCUT2D eigenvalue weighted by Gasteiger charge is -2.27.